The quantitative estimate of drug-likeness (QED) is 0.568. The number of hydrogen-bond acceptors (Lipinski definition) is 1. The molecule has 2 bridgehead atoms. The van der Waals surface area contributed by atoms with Crippen LogP contribution in [0.15, 0.2) is 72.8 Å². The van der Waals surface area contributed by atoms with Crippen LogP contribution in [0.5, 0.6) is 0 Å². The zero-order chi connectivity index (χ0) is 17.5. The van der Waals surface area contributed by atoms with Crippen LogP contribution in [0.25, 0.3) is 16.3 Å². The van der Waals surface area contributed by atoms with E-state index in [0.29, 0.717) is 12.1 Å². The molecule has 26 heavy (non-hydrogen) atoms. The third-order valence-electron chi connectivity index (χ3n) is 6.21. The lowest BCUT2D eigenvalue weighted by Gasteiger charge is -2.34. The van der Waals surface area contributed by atoms with Crippen molar-refractivity contribution in [1.29, 1.82) is 0 Å². The average molecular weight is 339 g/mol. The molecule has 3 aromatic carbocycles. The Bertz CT molecular complexity index is 970. The highest BCUT2D eigenvalue weighted by atomic mass is 15.2. The summed E-state index contributed by atoms with van der Waals surface area (Å²) < 4.78 is 0. The Morgan fingerprint density at radius 3 is 2.54 bits per heavy atom. The average Bonchev–Trinajstić information content (AvgIpc) is 2.90. The molecule has 2 aliphatic rings. The zero-order valence-corrected chi connectivity index (χ0v) is 15.4. The van der Waals surface area contributed by atoms with Crippen LogP contribution in [0, 0.1) is 6.92 Å². The van der Waals surface area contributed by atoms with E-state index in [1.54, 1.807) is 5.57 Å². The highest BCUT2D eigenvalue weighted by Gasteiger charge is 2.37. The van der Waals surface area contributed by atoms with Crippen molar-refractivity contribution in [3.8, 4) is 0 Å². The van der Waals surface area contributed by atoms with Crippen LogP contribution in [-0.2, 0) is 6.54 Å². The largest absolute Gasteiger partial charge is 0.289 e. The zero-order valence-electron chi connectivity index (χ0n) is 15.4. The lowest BCUT2D eigenvalue weighted by Crippen LogP contribution is -2.37. The molecule has 1 saturated heterocycles. The Balaban J connectivity index is 1.52. The van der Waals surface area contributed by atoms with Gasteiger partial charge in [-0.25, -0.2) is 0 Å². The molecular formula is C25H25N. The molecule has 0 N–H and O–H groups in total. The molecule has 2 unspecified atom stereocenters. The third kappa shape index (κ3) is 2.68. The van der Waals surface area contributed by atoms with Crippen molar-refractivity contribution in [2.45, 2.75) is 44.8 Å². The van der Waals surface area contributed by atoms with Gasteiger partial charge < -0.3 is 0 Å². The topological polar surface area (TPSA) is 3.24 Å². The minimum absolute atomic E-state index is 0.585. The first-order valence-electron chi connectivity index (χ1n) is 9.79. The molecule has 0 aromatic heterocycles. The fraction of sp³-hybridized carbons (Fsp3) is 0.280. The summed E-state index contributed by atoms with van der Waals surface area (Å²) in [6, 6.07) is 25.6. The second-order valence-corrected chi connectivity index (χ2v) is 7.83. The van der Waals surface area contributed by atoms with Gasteiger partial charge in [0.25, 0.3) is 0 Å². The van der Waals surface area contributed by atoms with E-state index < -0.39 is 0 Å². The summed E-state index contributed by atoms with van der Waals surface area (Å²) in [5, 5.41) is 2.77. The first-order chi connectivity index (χ1) is 12.8. The second kappa shape index (κ2) is 6.41. The summed E-state index contributed by atoms with van der Waals surface area (Å²) >= 11 is 0. The minimum atomic E-state index is 0.585. The van der Waals surface area contributed by atoms with Gasteiger partial charge in [-0.2, -0.15) is 0 Å². The molecule has 2 atom stereocenters. The van der Waals surface area contributed by atoms with E-state index in [-0.39, 0.29) is 0 Å². The number of nitrogens with zero attached hydrogens (tertiary/aromatic N) is 1. The number of hydrogen-bond donors (Lipinski definition) is 0. The normalized spacial score (nSPS) is 22.6. The van der Waals surface area contributed by atoms with Gasteiger partial charge in [-0.3, -0.25) is 4.90 Å². The lowest BCUT2D eigenvalue weighted by molar-refractivity contribution is 0.203. The fourth-order valence-electron chi connectivity index (χ4n) is 4.95. The highest BCUT2D eigenvalue weighted by Crippen LogP contribution is 2.41. The maximum atomic E-state index is 2.72. The van der Waals surface area contributed by atoms with Crippen LogP contribution < -0.4 is 0 Å². The van der Waals surface area contributed by atoms with Gasteiger partial charge in [0.05, 0.1) is 0 Å². The van der Waals surface area contributed by atoms with E-state index in [1.807, 2.05) is 0 Å². The Morgan fingerprint density at radius 2 is 1.69 bits per heavy atom. The number of fused-ring (bicyclic) bond motifs is 3. The summed E-state index contributed by atoms with van der Waals surface area (Å²) in [6.45, 7) is 3.34. The summed E-state index contributed by atoms with van der Waals surface area (Å²) in [6.07, 6.45) is 6.37. The summed E-state index contributed by atoms with van der Waals surface area (Å²) in [5.41, 5.74) is 5.89. The molecule has 1 fully saturated rings. The fourth-order valence-corrected chi connectivity index (χ4v) is 4.95. The molecule has 0 aliphatic carbocycles. The number of rotatable bonds is 3. The van der Waals surface area contributed by atoms with Crippen LogP contribution >= 0.6 is 0 Å². The van der Waals surface area contributed by atoms with Gasteiger partial charge in [0.1, 0.15) is 0 Å². The molecule has 0 radical (unpaired) electrons. The van der Waals surface area contributed by atoms with Gasteiger partial charge in [-0.05, 0) is 59.2 Å². The molecule has 0 saturated carbocycles. The predicted octanol–water partition coefficient (Wildman–Crippen LogP) is 5.97. The van der Waals surface area contributed by atoms with E-state index >= 15 is 0 Å². The van der Waals surface area contributed by atoms with Crippen LogP contribution in [-0.4, -0.2) is 17.0 Å². The molecule has 3 aromatic rings. The van der Waals surface area contributed by atoms with Crippen molar-refractivity contribution in [1.82, 2.24) is 4.90 Å². The lowest BCUT2D eigenvalue weighted by atomic mass is 9.88. The molecular weight excluding hydrogens is 314 g/mol. The van der Waals surface area contributed by atoms with E-state index in [4.69, 9.17) is 0 Å². The van der Waals surface area contributed by atoms with Crippen LogP contribution in [0.1, 0.15) is 36.0 Å². The minimum Gasteiger partial charge on any atom is -0.289 e. The molecule has 2 heterocycles. The predicted molar refractivity (Wildman–Crippen MR) is 110 cm³/mol. The molecule has 2 aliphatic heterocycles. The van der Waals surface area contributed by atoms with Crippen molar-refractivity contribution in [3.63, 3.8) is 0 Å². The standard InChI is InChI=1S/C25H25N/c1-18-11-12-20-9-5-6-10-24(20)25(18)21-15-22-13-14-23(16-21)26(22)17-19-7-3-2-4-8-19/h2-12,15,22-23H,13-14,16-17H2,1H3. The molecule has 5 rings (SSSR count). The molecule has 0 spiro atoms. The van der Waals surface area contributed by atoms with Gasteiger partial charge in [-0.1, -0.05) is 72.8 Å². The Kier molecular flexibility index (Phi) is 3.90. The van der Waals surface area contributed by atoms with Crippen molar-refractivity contribution in [3.05, 3.63) is 89.5 Å². The molecule has 1 heteroatoms. The van der Waals surface area contributed by atoms with E-state index in [0.717, 1.165) is 6.54 Å². The Morgan fingerprint density at radius 1 is 0.885 bits per heavy atom. The second-order valence-electron chi connectivity index (χ2n) is 7.83. The summed E-state index contributed by atoms with van der Waals surface area (Å²) in [5.74, 6) is 0. The maximum Gasteiger partial charge on any atom is 0.0291 e. The van der Waals surface area contributed by atoms with Gasteiger partial charge in [0.2, 0.25) is 0 Å². The SMILES string of the molecule is Cc1ccc2ccccc2c1C1=CC2CCC(C1)N2Cc1ccccc1. The highest BCUT2D eigenvalue weighted by molar-refractivity contribution is 5.95. The maximum absolute atomic E-state index is 2.72. The van der Waals surface area contributed by atoms with Crippen molar-refractivity contribution in [2.24, 2.45) is 0 Å². The number of aryl methyl sites for hydroxylation is 1. The van der Waals surface area contributed by atoms with Gasteiger partial charge in [0, 0.05) is 18.6 Å². The van der Waals surface area contributed by atoms with E-state index in [2.05, 4.69) is 84.6 Å². The Hall–Kier alpha value is -2.38. The van der Waals surface area contributed by atoms with Crippen molar-refractivity contribution >= 4 is 16.3 Å². The third-order valence-corrected chi connectivity index (χ3v) is 6.21. The van der Waals surface area contributed by atoms with Crippen LogP contribution in [0.3, 0.4) is 0 Å². The first-order valence-corrected chi connectivity index (χ1v) is 9.79. The monoisotopic (exact) mass is 339 g/mol. The van der Waals surface area contributed by atoms with Crippen LogP contribution in [0.4, 0.5) is 0 Å². The van der Waals surface area contributed by atoms with Crippen molar-refractivity contribution < 1.29 is 0 Å². The summed E-state index contributed by atoms with van der Waals surface area (Å²) in [4.78, 5) is 2.72. The van der Waals surface area contributed by atoms with Crippen molar-refractivity contribution in [2.75, 3.05) is 0 Å². The molecule has 0 amide bonds. The van der Waals surface area contributed by atoms with Gasteiger partial charge >= 0.3 is 0 Å². The van der Waals surface area contributed by atoms with E-state index in [1.165, 1.54) is 46.7 Å². The summed E-state index contributed by atoms with van der Waals surface area (Å²) in [7, 11) is 0. The van der Waals surface area contributed by atoms with Crippen LogP contribution in [0.2, 0.25) is 0 Å². The first kappa shape index (κ1) is 15.8. The smallest absolute Gasteiger partial charge is 0.0291 e. The number of benzene rings is 3. The van der Waals surface area contributed by atoms with Gasteiger partial charge in [0.15, 0.2) is 0 Å². The molecule has 1 nitrogen and oxygen atoms in total. The Labute approximate surface area is 156 Å². The van der Waals surface area contributed by atoms with E-state index in [9.17, 15) is 0 Å². The molecule has 130 valence electrons. The van der Waals surface area contributed by atoms with Gasteiger partial charge in [-0.15, -0.1) is 0 Å².